The zero-order valence-corrected chi connectivity index (χ0v) is 11.8. The normalized spacial score (nSPS) is 14.9. The maximum absolute atomic E-state index is 10.9. The van der Waals surface area contributed by atoms with Crippen LogP contribution in [0.4, 0.5) is 5.69 Å². The van der Waals surface area contributed by atoms with Gasteiger partial charge in [0.15, 0.2) is 0 Å². The average molecular weight is 274 g/mol. The first-order valence-electron chi connectivity index (χ1n) is 7.38. The van der Waals surface area contributed by atoms with Gasteiger partial charge in [-0.2, -0.15) is 0 Å². The van der Waals surface area contributed by atoms with Crippen LogP contribution < -0.4 is 5.32 Å². The van der Waals surface area contributed by atoms with E-state index < -0.39 is 0 Å². The molecule has 1 aromatic carbocycles. The molecular weight excluding hydrogens is 252 g/mol. The van der Waals surface area contributed by atoms with E-state index in [1.54, 1.807) is 17.7 Å². The van der Waals surface area contributed by atoms with Crippen molar-refractivity contribution in [1.82, 2.24) is 5.32 Å². The Hall–Kier alpha value is -1.68. The van der Waals surface area contributed by atoms with Crippen molar-refractivity contribution in [3.63, 3.8) is 0 Å². The highest BCUT2D eigenvalue weighted by molar-refractivity contribution is 5.39. The third kappa shape index (κ3) is 4.46. The predicted molar refractivity (Wildman–Crippen MR) is 80.8 cm³/mol. The van der Waals surface area contributed by atoms with E-state index in [0.29, 0.717) is 6.42 Å². The van der Waals surface area contributed by atoms with Gasteiger partial charge in [0.25, 0.3) is 5.69 Å². The van der Waals surface area contributed by atoms with E-state index in [2.05, 4.69) is 11.4 Å². The van der Waals surface area contributed by atoms with Crippen LogP contribution in [0.5, 0.6) is 0 Å². The standard InChI is InChI=1S/C16H22N2O2/c19-18(20)16-9-5-4-8-15(16)11-13-17-12-10-14-6-2-1-3-7-14/h4-6,8-9,17H,1-3,7,10-13H2. The van der Waals surface area contributed by atoms with Crippen molar-refractivity contribution >= 4 is 5.69 Å². The zero-order valence-electron chi connectivity index (χ0n) is 11.8. The fourth-order valence-electron chi connectivity index (χ4n) is 2.63. The van der Waals surface area contributed by atoms with E-state index >= 15 is 0 Å². The topological polar surface area (TPSA) is 55.2 Å². The van der Waals surface area contributed by atoms with E-state index in [0.717, 1.165) is 25.1 Å². The van der Waals surface area contributed by atoms with Crippen molar-refractivity contribution in [1.29, 1.82) is 0 Å². The van der Waals surface area contributed by atoms with Crippen molar-refractivity contribution in [2.75, 3.05) is 13.1 Å². The lowest BCUT2D eigenvalue weighted by Gasteiger charge is -2.12. The molecular formula is C16H22N2O2. The zero-order chi connectivity index (χ0) is 14.2. The molecule has 0 radical (unpaired) electrons. The molecule has 1 aromatic rings. The number of hydrogen-bond acceptors (Lipinski definition) is 3. The molecule has 0 bridgehead atoms. The van der Waals surface area contributed by atoms with E-state index in [1.807, 2.05) is 12.1 Å². The summed E-state index contributed by atoms with van der Waals surface area (Å²) in [6, 6.07) is 6.98. The fourth-order valence-corrected chi connectivity index (χ4v) is 2.63. The van der Waals surface area contributed by atoms with Crippen molar-refractivity contribution in [2.45, 2.75) is 38.5 Å². The summed E-state index contributed by atoms with van der Waals surface area (Å²) in [6.45, 7) is 1.75. The van der Waals surface area contributed by atoms with Crippen LogP contribution in [0.1, 0.15) is 37.7 Å². The predicted octanol–water partition coefficient (Wildman–Crippen LogP) is 3.62. The molecule has 0 heterocycles. The summed E-state index contributed by atoms with van der Waals surface area (Å²) in [7, 11) is 0. The van der Waals surface area contributed by atoms with Crippen LogP contribution in [0.3, 0.4) is 0 Å². The summed E-state index contributed by atoms with van der Waals surface area (Å²) in [5.41, 5.74) is 2.60. The first-order chi connectivity index (χ1) is 9.77. The molecule has 0 unspecified atom stereocenters. The van der Waals surface area contributed by atoms with Crippen LogP contribution in [0.2, 0.25) is 0 Å². The van der Waals surface area contributed by atoms with Gasteiger partial charge in [-0.15, -0.1) is 0 Å². The third-order valence-corrected chi connectivity index (χ3v) is 3.77. The van der Waals surface area contributed by atoms with Gasteiger partial charge in [-0.25, -0.2) is 0 Å². The quantitative estimate of drug-likeness (QED) is 0.357. The number of nitrogens with one attached hydrogen (secondary N) is 1. The Morgan fingerprint density at radius 3 is 2.70 bits per heavy atom. The van der Waals surface area contributed by atoms with Crippen molar-refractivity contribution in [3.05, 3.63) is 51.6 Å². The maximum atomic E-state index is 10.9. The van der Waals surface area contributed by atoms with Crippen molar-refractivity contribution < 1.29 is 4.92 Å². The SMILES string of the molecule is O=[N+]([O-])c1ccccc1CCNCCC1=CCCCC1. The van der Waals surface area contributed by atoms with Crippen LogP contribution in [-0.2, 0) is 6.42 Å². The number of hydrogen-bond donors (Lipinski definition) is 1. The lowest BCUT2D eigenvalue weighted by molar-refractivity contribution is -0.385. The van der Waals surface area contributed by atoms with E-state index in [-0.39, 0.29) is 10.6 Å². The number of nitrogens with zero attached hydrogens (tertiary/aromatic N) is 1. The second-order valence-corrected chi connectivity index (χ2v) is 5.24. The lowest BCUT2D eigenvalue weighted by atomic mass is 9.97. The monoisotopic (exact) mass is 274 g/mol. The Kier molecular flexibility index (Phi) is 5.74. The molecule has 4 heteroatoms. The first kappa shape index (κ1) is 14.7. The molecule has 0 saturated heterocycles. The highest BCUT2D eigenvalue weighted by atomic mass is 16.6. The molecule has 0 aliphatic heterocycles. The van der Waals surface area contributed by atoms with Gasteiger partial charge in [0.1, 0.15) is 0 Å². The highest BCUT2D eigenvalue weighted by Gasteiger charge is 2.11. The first-order valence-corrected chi connectivity index (χ1v) is 7.38. The number of benzene rings is 1. The summed E-state index contributed by atoms with van der Waals surface area (Å²) in [6.07, 6.45) is 9.30. The number of para-hydroxylation sites is 1. The Labute approximate surface area is 120 Å². The summed E-state index contributed by atoms with van der Waals surface area (Å²) in [5, 5.41) is 14.3. The molecule has 20 heavy (non-hydrogen) atoms. The molecule has 1 N–H and O–H groups in total. The van der Waals surface area contributed by atoms with Gasteiger partial charge in [0, 0.05) is 11.6 Å². The Balaban J connectivity index is 1.71. The third-order valence-electron chi connectivity index (χ3n) is 3.77. The van der Waals surface area contributed by atoms with Gasteiger partial charge in [-0.1, -0.05) is 29.8 Å². The number of nitro benzene ring substituents is 1. The number of rotatable bonds is 7. The Bertz CT molecular complexity index is 483. The Morgan fingerprint density at radius 2 is 1.95 bits per heavy atom. The molecule has 108 valence electrons. The van der Waals surface area contributed by atoms with E-state index in [9.17, 15) is 10.1 Å². The van der Waals surface area contributed by atoms with Gasteiger partial charge < -0.3 is 5.32 Å². The highest BCUT2D eigenvalue weighted by Crippen LogP contribution is 2.20. The van der Waals surface area contributed by atoms with E-state index in [4.69, 9.17) is 0 Å². The van der Waals surface area contributed by atoms with Crippen molar-refractivity contribution in [3.8, 4) is 0 Å². The minimum atomic E-state index is -0.303. The molecule has 0 spiro atoms. The molecule has 4 nitrogen and oxygen atoms in total. The average Bonchev–Trinajstić information content (AvgIpc) is 2.48. The van der Waals surface area contributed by atoms with Gasteiger partial charge in [0.05, 0.1) is 4.92 Å². The molecule has 0 aromatic heterocycles. The molecule has 2 rings (SSSR count). The van der Waals surface area contributed by atoms with Gasteiger partial charge in [-0.05, 0) is 51.6 Å². The van der Waals surface area contributed by atoms with E-state index in [1.165, 1.54) is 25.7 Å². The Morgan fingerprint density at radius 1 is 1.15 bits per heavy atom. The van der Waals surface area contributed by atoms with Gasteiger partial charge >= 0.3 is 0 Å². The molecule has 1 aliphatic carbocycles. The summed E-state index contributed by atoms with van der Waals surface area (Å²) >= 11 is 0. The summed E-state index contributed by atoms with van der Waals surface area (Å²) in [4.78, 5) is 10.6. The fraction of sp³-hybridized carbons (Fsp3) is 0.500. The van der Waals surface area contributed by atoms with Gasteiger partial charge in [-0.3, -0.25) is 10.1 Å². The molecule has 0 atom stereocenters. The minimum Gasteiger partial charge on any atom is -0.316 e. The number of allylic oxidation sites excluding steroid dienone is 1. The van der Waals surface area contributed by atoms with Crippen LogP contribution in [0.15, 0.2) is 35.9 Å². The molecule has 0 fully saturated rings. The maximum Gasteiger partial charge on any atom is 0.272 e. The molecule has 1 aliphatic rings. The van der Waals surface area contributed by atoms with Crippen LogP contribution in [0, 0.1) is 10.1 Å². The smallest absolute Gasteiger partial charge is 0.272 e. The molecule has 0 saturated carbocycles. The molecule has 0 amide bonds. The van der Waals surface area contributed by atoms with Crippen LogP contribution in [-0.4, -0.2) is 18.0 Å². The van der Waals surface area contributed by atoms with Crippen molar-refractivity contribution in [2.24, 2.45) is 0 Å². The van der Waals surface area contributed by atoms with Gasteiger partial charge in [0.2, 0.25) is 0 Å². The largest absolute Gasteiger partial charge is 0.316 e. The van der Waals surface area contributed by atoms with Crippen LogP contribution in [0.25, 0.3) is 0 Å². The van der Waals surface area contributed by atoms with Crippen LogP contribution >= 0.6 is 0 Å². The summed E-state index contributed by atoms with van der Waals surface area (Å²) < 4.78 is 0. The minimum absolute atomic E-state index is 0.226. The summed E-state index contributed by atoms with van der Waals surface area (Å²) in [5.74, 6) is 0. The lowest BCUT2D eigenvalue weighted by Crippen LogP contribution is -2.19. The number of nitro groups is 1. The second-order valence-electron chi connectivity index (χ2n) is 5.24. The second kappa shape index (κ2) is 7.80.